The van der Waals surface area contributed by atoms with Gasteiger partial charge in [0.25, 0.3) is 0 Å². The van der Waals surface area contributed by atoms with E-state index in [1.54, 1.807) is 0 Å². The minimum absolute atomic E-state index is 0.204. The Morgan fingerprint density at radius 3 is 2.62 bits per heavy atom. The first-order valence-corrected chi connectivity index (χ1v) is 8.56. The van der Waals surface area contributed by atoms with Gasteiger partial charge in [0.2, 0.25) is 0 Å². The standard InChI is InChI=1S/C17H16Br2O2/c18-14-3-6-17(19)13(10-14)9-12-1-4-15(5-2-12)21-16-7-8-20-11-16/h1-6,10,16H,7-9,11H2/t16-/m0/s1. The summed E-state index contributed by atoms with van der Waals surface area (Å²) in [6.07, 6.45) is 2.08. The molecule has 2 aromatic carbocycles. The molecule has 0 saturated carbocycles. The Morgan fingerprint density at radius 1 is 1.10 bits per heavy atom. The number of ether oxygens (including phenoxy) is 2. The minimum atomic E-state index is 0.204. The molecule has 0 spiro atoms. The van der Waals surface area contributed by atoms with Gasteiger partial charge in [-0.25, -0.2) is 0 Å². The maximum Gasteiger partial charge on any atom is 0.124 e. The van der Waals surface area contributed by atoms with Gasteiger partial charge in [-0.3, -0.25) is 0 Å². The predicted octanol–water partition coefficient (Wildman–Crippen LogP) is 4.97. The molecule has 0 aromatic heterocycles. The van der Waals surface area contributed by atoms with Crippen LogP contribution in [0.1, 0.15) is 17.5 Å². The molecule has 0 aliphatic carbocycles. The van der Waals surface area contributed by atoms with Gasteiger partial charge in [0.05, 0.1) is 13.2 Å². The van der Waals surface area contributed by atoms with Crippen LogP contribution in [-0.4, -0.2) is 19.3 Å². The Kier molecular flexibility index (Phi) is 4.99. The SMILES string of the molecule is Brc1ccc(Br)c(Cc2ccc(O[C@H]3CCOC3)cc2)c1. The van der Waals surface area contributed by atoms with Gasteiger partial charge < -0.3 is 9.47 Å². The first-order valence-electron chi connectivity index (χ1n) is 6.98. The molecule has 3 rings (SSSR count). The summed E-state index contributed by atoms with van der Waals surface area (Å²) in [5.74, 6) is 0.919. The Morgan fingerprint density at radius 2 is 1.90 bits per heavy atom. The van der Waals surface area contributed by atoms with Crippen molar-refractivity contribution in [2.24, 2.45) is 0 Å². The van der Waals surface area contributed by atoms with Gasteiger partial charge in [0.15, 0.2) is 0 Å². The van der Waals surface area contributed by atoms with Gasteiger partial charge in [0, 0.05) is 15.4 Å². The number of hydrogen-bond donors (Lipinski definition) is 0. The molecule has 0 unspecified atom stereocenters. The number of benzene rings is 2. The van der Waals surface area contributed by atoms with E-state index in [0.29, 0.717) is 6.61 Å². The van der Waals surface area contributed by atoms with E-state index in [4.69, 9.17) is 9.47 Å². The van der Waals surface area contributed by atoms with Crippen LogP contribution in [0.5, 0.6) is 5.75 Å². The summed E-state index contributed by atoms with van der Waals surface area (Å²) >= 11 is 7.12. The van der Waals surface area contributed by atoms with Crippen LogP contribution >= 0.6 is 31.9 Å². The van der Waals surface area contributed by atoms with Crippen molar-refractivity contribution in [1.82, 2.24) is 0 Å². The van der Waals surface area contributed by atoms with Gasteiger partial charge in [-0.05, 0) is 47.9 Å². The van der Waals surface area contributed by atoms with Crippen LogP contribution < -0.4 is 4.74 Å². The molecule has 0 bridgehead atoms. The van der Waals surface area contributed by atoms with E-state index in [0.717, 1.165) is 34.1 Å². The van der Waals surface area contributed by atoms with Gasteiger partial charge in [0.1, 0.15) is 11.9 Å². The smallest absolute Gasteiger partial charge is 0.124 e. The molecule has 21 heavy (non-hydrogen) atoms. The Balaban J connectivity index is 1.67. The maximum absolute atomic E-state index is 5.88. The second-order valence-electron chi connectivity index (χ2n) is 5.16. The van der Waals surface area contributed by atoms with Gasteiger partial charge in [-0.2, -0.15) is 0 Å². The fourth-order valence-electron chi connectivity index (χ4n) is 2.38. The summed E-state index contributed by atoms with van der Waals surface area (Å²) in [4.78, 5) is 0. The minimum Gasteiger partial charge on any atom is -0.488 e. The highest BCUT2D eigenvalue weighted by Crippen LogP contribution is 2.25. The van der Waals surface area contributed by atoms with Crippen LogP contribution in [0, 0.1) is 0 Å². The van der Waals surface area contributed by atoms with Crippen molar-refractivity contribution in [2.45, 2.75) is 18.9 Å². The van der Waals surface area contributed by atoms with Gasteiger partial charge >= 0.3 is 0 Å². The molecule has 1 fully saturated rings. The molecule has 1 aliphatic heterocycles. The lowest BCUT2D eigenvalue weighted by molar-refractivity contribution is 0.141. The van der Waals surface area contributed by atoms with E-state index in [1.807, 2.05) is 18.2 Å². The maximum atomic E-state index is 5.88. The zero-order valence-corrected chi connectivity index (χ0v) is 14.7. The van der Waals surface area contributed by atoms with Gasteiger partial charge in [-0.15, -0.1) is 0 Å². The van der Waals surface area contributed by atoms with Crippen LogP contribution in [0.4, 0.5) is 0 Å². The lowest BCUT2D eigenvalue weighted by atomic mass is 10.1. The van der Waals surface area contributed by atoms with Crippen molar-refractivity contribution in [3.05, 3.63) is 62.5 Å². The fraction of sp³-hybridized carbons (Fsp3) is 0.294. The second-order valence-corrected chi connectivity index (χ2v) is 6.93. The van der Waals surface area contributed by atoms with E-state index in [-0.39, 0.29) is 6.10 Å². The van der Waals surface area contributed by atoms with E-state index < -0.39 is 0 Å². The van der Waals surface area contributed by atoms with Crippen molar-refractivity contribution in [3.63, 3.8) is 0 Å². The summed E-state index contributed by atoms with van der Waals surface area (Å²) < 4.78 is 13.4. The monoisotopic (exact) mass is 410 g/mol. The lowest BCUT2D eigenvalue weighted by Gasteiger charge is -2.12. The molecule has 1 heterocycles. The molecule has 0 amide bonds. The number of rotatable bonds is 4. The first kappa shape index (κ1) is 15.1. The summed E-state index contributed by atoms with van der Waals surface area (Å²) in [5.41, 5.74) is 2.53. The van der Waals surface area contributed by atoms with E-state index in [2.05, 4.69) is 56.1 Å². The largest absolute Gasteiger partial charge is 0.488 e. The Hall–Kier alpha value is -0.840. The highest BCUT2D eigenvalue weighted by molar-refractivity contribution is 9.11. The molecular weight excluding hydrogens is 396 g/mol. The zero-order chi connectivity index (χ0) is 14.7. The molecule has 1 saturated heterocycles. The van der Waals surface area contributed by atoms with Crippen LogP contribution in [0.25, 0.3) is 0 Å². The summed E-state index contributed by atoms with van der Waals surface area (Å²) in [6.45, 7) is 1.51. The molecule has 0 radical (unpaired) electrons. The molecule has 1 aliphatic rings. The fourth-order valence-corrected chi connectivity index (χ4v) is 3.18. The third-order valence-corrected chi connectivity index (χ3v) is 4.78. The van der Waals surface area contributed by atoms with Crippen molar-refractivity contribution < 1.29 is 9.47 Å². The quantitative estimate of drug-likeness (QED) is 0.706. The predicted molar refractivity (Wildman–Crippen MR) is 90.9 cm³/mol. The molecule has 2 aromatic rings. The Labute approximate surface area is 141 Å². The first-order chi connectivity index (χ1) is 10.2. The van der Waals surface area contributed by atoms with E-state index in [1.165, 1.54) is 11.1 Å². The molecule has 2 nitrogen and oxygen atoms in total. The summed E-state index contributed by atoms with van der Waals surface area (Å²) in [6, 6.07) is 14.6. The topological polar surface area (TPSA) is 18.5 Å². The second kappa shape index (κ2) is 6.95. The number of halogens is 2. The van der Waals surface area contributed by atoms with Crippen LogP contribution in [-0.2, 0) is 11.2 Å². The lowest BCUT2D eigenvalue weighted by Crippen LogP contribution is -2.15. The van der Waals surface area contributed by atoms with E-state index in [9.17, 15) is 0 Å². The van der Waals surface area contributed by atoms with Crippen molar-refractivity contribution >= 4 is 31.9 Å². The Bertz CT molecular complexity index is 605. The highest BCUT2D eigenvalue weighted by atomic mass is 79.9. The average molecular weight is 412 g/mol. The molecule has 4 heteroatoms. The van der Waals surface area contributed by atoms with E-state index >= 15 is 0 Å². The summed E-state index contributed by atoms with van der Waals surface area (Å²) in [7, 11) is 0. The zero-order valence-electron chi connectivity index (χ0n) is 11.5. The van der Waals surface area contributed by atoms with Crippen LogP contribution in [0.2, 0.25) is 0 Å². The summed E-state index contributed by atoms with van der Waals surface area (Å²) in [5, 5.41) is 0. The highest BCUT2D eigenvalue weighted by Gasteiger charge is 2.16. The number of hydrogen-bond acceptors (Lipinski definition) is 2. The van der Waals surface area contributed by atoms with Crippen LogP contribution in [0.3, 0.4) is 0 Å². The molecule has 1 atom stereocenters. The van der Waals surface area contributed by atoms with Crippen molar-refractivity contribution in [3.8, 4) is 5.75 Å². The molecular formula is C17H16Br2O2. The third-order valence-electron chi connectivity index (χ3n) is 3.52. The third kappa shape index (κ3) is 4.09. The van der Waals surface area contributed by atoms with Crippen molar-refractivity contribution in [2.75, 3.05) is 13.2 Å². The molecule has 110 valence electrons. The van der Waals surface area contributed by atoms with Gasteiger partial charge in [-0.1, -0.05) is 44.0 Å². The molecule has 0 N–H and O–H groups in total. The van der Waals surface area contributed by atoms with Crippen molar-refractivity contribution in [1.29, 1.82) is 0 Å². The normalized spacial score (nSPS) is 17.9. The average Bonchev–Trinajstić information content (AvgIpc) is 2.98. The van der Waals surface area contributed by atoms with Crippen LogP contribution in [0.15, 0.2) is 51.4 Å².